The van der Waals surface area contributed by atoms with Gasteiger partial charge < -0.3 is 19.4 Å². The second kappa shape index (κ2) is 4.62. The standard InChI is InChI=1S/C14H9NO7/c1-21-10-5-9-11(14(18)12(10)15(19)20)13(17)7-4-6(16)2-3-8(7)22-9/h2-5,16,18H,1H3. The number of hydrogen-bond donors (Lipinski definition) is 2. The summed E-state index contributed by atoms with van der Waals surface area (Å²) in [7, 11) is 1.20. The lowest BCUT2D eigenvalue weighted by Gasteiger charge is -2.07. The second-order valence-electron chi connectivity index (χ2n) is 4.52. The number of ether oxygens (including phenoxy) is 1. The molecule has 1 heterocycles. The Bertz CT molecular complexity index is 990. The van der Waals surface area contributed by atoms with Crippen molar-refractivity contribution in [2.75, 3.05) is 7.11 Å². The molecule has 1 aromatic heterocycles. The average molecular weight is 303 g/mol. The summed E-state index contributed by atoms with van der Waals surface area (Å²) in [6.45, 7) is 0. The van der Waals surface area contributed by atoms with Gasteiger partial charge in [0.2, 0.25) is 16.9 Å². The van der Waals surface area contributed by atoms with Crippen LogP contribution in [-0.2, 0) is 0 Å². The van der Waals surface area contributed by atoms with Gasteiger partial charge in [0.1, 0.15) is 22.3 Å². The van der Waals surface area contributed by atoms with Crippen molar-refractivity contribution in [3.8, 4) is 17.2 Å². The molecule has 0 aliphatic heterocycles. The van der Waals surface area contributed by atoms with Crippen LogP contribution < -0.4 is 10.2 Å². The highest BCUT2D eigenvalue weighted by molar-refractivity contribution is 5.97. The molecule has 0 saturated carbocycles. The predicted octanol–water partition coefficient (Wildman–Crippen LogP) is 2.27. The first kappa shape index (κ1) is 13.7. The van der Waals surface area contributed by atoms with Crippen molar-refractivity contribution in [2.24, 2.45) is 0 Å². The fourth-order valence-electron chi connectivity index (χ4n) is 2.28. The smallest absolute Gasteiger partial charge is 0.353 e. The maximum absolute atomic E-state index is 12.4. The zero-order valence-electron chi connectivity index (χ0n) is 11.2. The normalized spacial score (nSPS) is 11.0. The molecular formula is C14H9NO7. The van der Waals surface area contributed by atoms with E-state index in [9.17, 15) is 25.1 Å². The van der Waals surface area contributed by atoms with Crippen molar-refractivity contribution in [2.45, 2.75) is 0 Å². The van der Waals surface area contributed by atoms with Crippen LogP contribution in [0.2, 0.25) is 0 Å². The molecule has 3 aromatic rings. The Morgan fingerprint density at radius 1 is 1.23 bits per heavy atom. The van der Waals surface area contributed by atoms with Crippen LogP contribution in [0, 0.1) is 10.1 Å². The topological polar surface area (TPSA) is 123 Å². The van der Waals surface area contributed by atoms with E-state index in [4.69, 9.17) is 9.15 Å². The first-order valence-electron chi connectivity index (χ1n) is 6.08. The SMILES string of the molecule is COc1cc2oc3ccc(O)cc3c(=O)c2c(O)c1[N+](=O)[O-]. The Morgan fingerprint density at radius 2 is 1.95 bits per heavy atom. The number of fused-ring (bicyclic) bond motifs is 2. The molecule has 8 nitrogen and oxygen atoms in total. The molecule has 22 heavy (non-hydrogen) atoms. The number of phenols is 2. The number of hydrogen-bond acceptors (Lipinski definition) is 7. The van der Waals surface area contributed by atoms with Gasteiger partial charge in [-0.15, -0.1) is 0 Å². The minimum absolute atomic E-state index is 0.00210. The summed E-state index contributed by atoms with van der Waals surface area (Å²) in [5, 5.41) is 30.3. The van der Waals surface area contributed by atoms with Gasteiger partial charge in [-0.3, -0.25) is 14.9 Å². The van der Waals surface area contributed by atoms with Crippen LogP contribution in [0.15, 0.2) is 33.5 Å². The molecule has 3 rings (SSSR count). The number of rotatable bonds is 2. The number of nitrogens with zero attached hydrogens (tertiary/aromatic N) is 1. The third kappa shape index (κ3) is 1.81. The van der Waals surface area contributed by atoms with E-state index in [0.29, 0.717) is 0 Å². The van der Waals surface area contributed by atoms with Gasteiger partial charge in [-0.05, 0) is 18.2 Å². The number of methoxy groups -OCH3 is 1. The third-order valence-electron chi connectivity index (χ3n) is 3.26. The maximum Gasteiger partial charge on any atom is 0.353 e. The molecule has 0 aliphatic rings. The fourth-order valence-corrected chi connectivity index (χ4v) is 2.28. The van der Waals surface area contributed by atoms with Gasteiger partial charge in [0.25, 0.3) is 0 Å². The highest BCUT2D eigenvalue weighted by Gasteiger charge is 2.27. The van der Waals surface area contributed by atoms with Crippen molar-refractivity contribution < 1.29 is 24.3 Å². The zero-order valence-corrected chi connectivity index (χ0v) is 11.2. The lowest BCUT2D eigenvalue weighted by atomic mass is 10.1. The summed E-state index contributed by atoms with van der Waals surface area (Å²) >= 11 is 0. The van der Waals surface area contributed by atoms with Crippen molar-refractivity contribution in [1.82, 2.24) is 0 Å². The molecule has 0 spiro atoms. The van der Waals surface area contributed by atoms with Crippen LogP contribution in [0.1, 0.15) is 0 Å². The van der Waals surface area contributed by atoms with E-state index in [1.165, 1.54) is 25.3 Å². The largest absolute Gasteiger partial charge is 0.508 e. The van der Waals surface area contributed by atoms with Gasteiger partial charge in [0, 0.05) is 6.07 Å². The van der Waals surface area contributed by atoms with Crippen LogP contribution in [0.3, 0.4) is 0 Å². The number of aromatic hydroxyl groups is 2. The van der Waals surface area contributed by atoms with Gasteiger partial charge in [-0.25, -0.2) is 0 Å². The van der Waals surface area contributed by atoms with Crippen LogP contribution in [0.5, 0.6) is 17.2 Å². The highest BCUT2D eigenvalue weighted by atomic mass is 16.6. The molecule has 0 atom stereocenters. The molecule has 0 fully saturated rings. The first-order chi connectivity index (χ1) is 10.4. The third-order valence-corrected chi connectivity index (χ3v) is 3.26. The number of nitro benzene ring substituents is 1. The second-order valence-corrected chi connectivity index (χ2v) is 4.52. The Balaban J connectivity index is 2.57. The Kier molecular flexibility index (Phi) is 2.87. The fraction of sp³-hybridized carbons (Fsp3) is 0.0714. The summed E-state index contributed by atoms with van der Waals surface area (Å²) in [6.07, 6.45) is 0. The van der Waals surface area contributed by atoms with Gasteiger partial charge in [0.05, 0.1) is 17.4 Å². The Hall–Kier alpha value is -3.29. The lowest BCUT2D eigenvalue weighted by molar-refractivity contribution is -0.386. The molecular weight excluding hydrogens is 294 g/mol. The molecule has 0 bridgehead atoms. The van der Waals surface area contributed by atoms with Crippen LogP contribution in [-0.4, -0.2) is 22.2 Å². The molecule has 0 radical (unpaired) electrons. The van der Waals surface area contributed by atoms with E-state index in [1.807, 2.05) is 0 Å². The van der Waals surface area contributed by atoms with Crippen LogP contribution in [0.4, 0.5) is 5.69 Å². The number of nitro groups is 1. The molecule has 2 aromatic carbocycles. The average Bonchev–Trinajstić information content (AvgIpc) is 2.47. The van der Waals surface area contributed by atoms with E-state index in [1.54, 1.807) is 0 Å². The zero-order chi connectivity index (χ0) is 16.0. The predicted molar refractivity (Wildman–Crippen MR) is 76.5 cm³/mol. The van der Waals surface area contributed by atoms with Crippen molar-refractivity contribution >= 4 is 27.6 Å². The molecule has 0 saturated heterocycles. The van der Waals surface area contributed by atoms with Crippen molar-refractivity contribution in [1.29, 1.82) is 0 Å². The number of benzene rings is 2. The first-order valence-corrected chi connectivity index (χ1v) is 6.08. The van der Waals surface area contributed by atoms with Gasteiger partial charge in [-0.2, -0.15) is 0 Å². The Morgan fingerprint density at radius 3 is 2.59 bits per heavy atom. The molecule has 8 heteroatoms. The van der Waals surface area contributed by atoms with E-state index in [2.05, 4.69) is 0 Å². The van der Waals surface area contributed by atoms with Crippen LogP contribution >= 0.6 is 0 Å². The molecule has 0 amide bonds. The molecule has 112 valence electrons. The van der Waals surface area contributed by atoms with Gasteiger partial charge in [0.15, 0.2) is 0 Å². The highest BCUT2D eigenvalue weighted by Crippen LogP contribution is 2.41. The molecule has 0 aliphatic carbocycles. The summed E-state index contributed by atoms with van der Waals surface area (Å²) in [5.74, 6) is -1.23. The summed E-state index contributed by atoms with van der Waals surface area (Å²) in [4.78, 5) is 22.7. The van der Waals surface area contributed by atoms with Crippen molar-refractivity contribution in [3.63, 3.8) is 0 Å². The molecule has 2 N–H and O–H groups in total. The lowest BCUT2D eigenvalue weighted by Crippen LogP contribution is -2.04. The minimum Gasteiger partial charge on any atom is -0.508 e. The quantitative estimate of drug-likeness (QED) is 0.423. The molecule has 0 unspecified atom stereocenters. The van der Waals surface area contributed by atoms with E-state index < -0.39 is 21.8 Å². The summed E-state index contributed by atoms with van der Waals surface area (Å²) in [6, 6.07) is 5.05. The summed E-state index contributed by atoms with van der Waals surface area (Å²) in [5.41, 5.74) is -1.29. The van der Waals surface area contributed by atoms with E-state index in [0.717, 1.165) is 6.07 Å². The maximum atomic E-state index is 12.4. The Labute approximate surface area is 121 Å². The van der Waals surface area contributed by atoms with Crippen LogP contribution in [0.25, 0.3) is 21.9 Å². The summed E-state index contributed by atoms with van der Waals surface area (Å²) < 4.78 is 10.3. The van der Waals surface area contributed by atoms with Gasteiger partial charge in [-0.1, -0.05) is 0 Å². The monoisotopic (exact) mass is 303 g/mol. The van der Waals surface area contributed by atoms with Gasteiger partial charge >= 0.3 is 5.69 Å². The van der Waals surface area contributed by atoms with E-state index in [-0.39, 0.29) is 33.4 Å². The number of phenolic OH excluding ortho intramolecular Hbond substituents is 2. The van der Waals surface area contributed by atoms with E-state index >= 15 is 0 Å². The van der Waals surface area contributed by atoms with Crippen molar-refractivity contribution in [3.05, 3.63) is 44.6 Å². The minimum atomic E-state index is -0.848.